The normalized spacial score (nSPS) is 18.3. The van der Waals surface area contributed by atoms with Crippen molar-refractivity contribution in [2.24, 2.45) is 5.92 Å². The molecule has 1 unspecified atom stereocenters. The van der Waals surface area contributed by atoms with E-state index in [4.69, 9.17) is 4.74 Å². The van der Waals surface area contributed by atoms with E-state index < -0.39 is 0 Å². The van der Waals surface area contributed by atoms with Gasteiger partial charge in [-0.1, -0.05) is 0 Å². The van der Waals surface area contributed by atoms with Gasteiger partial charge in [0, 0.05) is 16.7 Å². The lowest BCUT2D eigenvalue weighted by molar-refractivity contribution is 0.190. The van der Waals surface area contributed by atoms with Gasteiger partial charge in [0.1, 0.15) is 6.10 Å². The van der Waals surface area contributed by atoms with Crippen LogP contribution in [0, 0.1) is 5.92 Å². The zero-order chi connectivity index (χ0) is 9.26. The van der Waals surface area contributed by atoms with Crippen LogP contribution < -0.4 is 4.74 Å². The van der Waals surface area contributed by atoms with E-state index in [1.165, 1.54) is 12.8 Å². The Morgan fingerprint density at radius 2 is 2.31 bits per heavy atom. The Morgan fingerprint density at radius 1 is 1.54 bits per heavy atom. The molecule has 0 bridgehead atoms. The fourth-order valence-corrected chi connectivity index (χ4v) is 1.52. The highest BCUT2D eigenvalue weighted by atomic mass is 79.9. The van der Waals surface area contributed by atoms with E-state index in [1.54, 1.807) is 6.20 Å². The Hall–Kier alpha value is -0.570. The third-order valence-corrected chi connectivity index (χ3v) is 2.76. The van der Waals surface area contributed by atoms with Gasteiger partial charge in [0.15, 0.2) is 0 Å². The third kappa shape index (κ3) is 2.44. The molecule has 1 saturated carbocycles. The van der Waals surface area contributed by atoms with Crippen LogP contribution in [0.3, 0.4) is 0 Å². The molecule has 0 amide bonds. The number of aromatic nitrogens is 1. The molecule has 1 heterocycles. The van der Waals surface area contributed by atoms with Crippen molar-refractivity contribution in [1.82, 2.24) is 4.98 Å². The van der Waals surface area contributed by atoms with Gasteiger partial charge in [-0.3, -0.25) is 0 Å². The SMILES string of the molecule is CC(Oc1ccc(Br)cn1)C1CC1. The quantitative estimate of drug-likeness (QED) is 0.812. The molecule has 0 spiro atoms. The molecule has 1 aliphatic carbocycles. The predicted octanol–water partition coefficient (Wildman–Crippen LogP) is 3.02. The summed E-state index contributed by atoms with van der Waals surface area (Å²) in [5, 5.41) is 0. The van der Waals surface area contributed by atoms with Crippen molar-refractivity contribution in [2.75, 3.05) is 0 Å². The first-order valence-corrected chi connectivity index (χ1v) is 5.33. The van der Waals surface area contributed by atoms with Crippen molar-refractivity contribution in [1.29, 1.82) is 0 Å². The Morgan fingerprint density at radius 3 is 2.85 bits per heavy atom. The number of rotatable bonds is 3. The molecule has 0 saturated heterocycles. The molecule has 0 aromatic carbocycles. The fraction of sp³-hybridized carbons (Fsp3) is 0.500. The van der Waals surface area contributed by atoms with Crippen molar-refractivity contribution < 1.29 is 4.74 Å². The van der Waals surface area contributed by atoms with Gasteiger partial charge in [-0.2, -0.15) is 0 Å². The summed E-state index contributed by atoms with van der Waals surface area (Å²) in [6.45, 7) is 2.11. The molecule has 2 rings (SSSR count). The predicted molar refractivity (Wildman–Crippen MR) is 54.8 cm³/mol. The van der Waals surface area contributed by atoms with E-state index in [1.807, 2.05) is 12.1 Å². The van der Waals surface area contributed by atoms with Crippen molar-refractivity contribution in [3.8, 4) is 5.88 Å². The fourth-order valence-electron chi connectivity index (χ4n) is 1.28. The van der Waals surface area contributed by atoms with Gasteiger partial charge < -0.3 is 4.74 Å². The molecule has 3 heteroatoms. The van der Waals surface area contributed by atoms with Gasteiger partial charge in [-0.15, -0.1) is 0 Å². The Balaban J connectivity index is 1.96. The first kappa shape index (κ1) is 9.00. The number of ether oxygens (including phenoxy) is 1. The number of hydrogen-bond acceptors (Lipinski definition) is 2. The standard InChI is InChI=1S/C10H12BrNO/c1-7(8-2-3-8)13-10-5-4-9(11)6-12-10/h4-8H,2-3H2,1H3. The maximum atomic E-state index is 5.66. The maximum Gasteiger partial charge on any atom is 0.213 e. The molecule has 70 valence electrons. The largest absolute Gasteiger partial charge is 0.474 e. The highest BCUT2D eigenvalue weighted by Crippen LogP contribution is 2.34. The molecule has 1 atom stereocenters. The van der Waals surface area contributed by atoms with Gasteiger partial charge in [-0.05, 0) is 47.7 Å². The molecule has 0 N–H and O–H groups in total. The Kier molecular flexibility index (Phi) is 2.54. The maximum absolute atomic E-state index is 5.66. The van der Waals surface area contributed by atoms with E-state index in [2.05, 4.69) is 27.8 Å². The van der Waals surface area contributed by atoms with Crippen molar-refractivity contribution in [2.45, 2.75) is 25.9 Å². The minimum Gasteiger partial charge on any atom is -0.474 e. The zero-order valence-electron chi connectivity index (χ0n) is 7.53. The summed E-state index contributed by atoms with van der Waals surface area (Å²) in [5.74, 6) is 1.48. The van der Waals surface area contributed by atoms with Crippen molar-refractivity contribution in [3.63, 3.8) is 0 Å². The summed E-state index contributed by atoms with van der Waals surface area (Å²) in [6, 6.07) is 3.84. The van der Waals surface area contributed by atoms with E-state index in [-0.39, 0.29) is 0 Å². The van der Waals surface area contributed by atoms with E-state index in [9.17, 15) is 0 Å². The number of halogens is 1. The summed E-state index contributed by atoms with van der Waals surface area (Å²) in [7, 11) is 0. The number of nitrogens with zero attached hydrogens (tertiary/aromatic N) is 1. The lowest BCUT2D eigenvalue weighted by Crippen LogP contribution is -2.14. The van der Waals surface area contributed by atoms with Crippen LogP contribution >= 0.6 is 15.9 Å². The first-order valence-electron chi connectivity index (χ1n) is 4.54. The molecular formula is C10H12BrNO. The summed E-state index contributed by atoms with van der Waals surface area (Å²) in [6.07, 6.45) is 4.68. The molecule has 1 aliphatic rings. The second-order valence-corrected chi connectivity index (χ2v) is 4.39. The van der Waals surface area contributed by atoms with E-state index in [0.29, 0.717) is 6.10 Å². The Labute approximate surface area is 86.5 Å². The van der Waals surface area contributed by atoms with Gasteiger partial charge in [-0.25, -0.2) is 4.98 Å². The van der Waals surface area contributed by atoms with Gasteiger partial charge in [0.25, 0.3) is 0 Å². The molecular weight excluding hydrogens is 230 g/mol. The topological polar surface area (TPSA) is 22.1 Å². The lowest BCUT2D eigenvalue weighted by Gasteiger charge is -2.12. The molecule has 1 fully saturated rings. The first-order chi connectivity index (χ1) is 6.25. The van der Waals surface area contributed by atoms with E-state index in [0.717, 1.165) is 16.3 Å². The van der Waals surface area contributed by atoms with Crippen molar-refractivity contribution in [3.05, 3.63) is 22.8 Å². The summed E-state index contributed by atoms with van der Waals surface area (Å²) in [5.41, 5.74) is 0. The van der Waals surface area contributed by atoms with Crippen LogP contribution in [0.4, 0.5) is 0 Å². The van der Waals surface area contributed by atoms with Crippen LogP contribution in [-0.2, 0) is 0 Å². The van der Waals surface area contributed by atoms with Crippen LogP contribution in [0.25, 0.3) is 0 Å². The van der Waals surface area contributed by atoms with Gasteiger partial charge in [0.2, 0.25) is 5.88 Å². The van der Waals surface area contributed by atoms with Crippen LogP contribution in [-0.4, -0.2) is 11.1 Å². The molecule has 2 nitrogen and oxygen atoms in total. The molecule has 13 heavy (non-hydrogen) atoms. The van der Waals surface area contributed by atoms with Crippen LogP contribution in [0.1, 0.15) is 19.8 Å². The minimum absolute atomic E-state index is 0.314. The van der Waals surface area contributed by atoms with Gasteiger partial charge >= 0.3 is 0 Å². The average molecular weight is 242 g/mol. The molecule has 1 aromatic heterocycles. The van der Waals surface area contributed by atoms with Crippen LogP contribution in [0.15, 0.2) is 22.8 Å². The highest BCUT2D eigenvalue weighted by Gasteiger charge is 2.29. The molecule has 0 radical (unpaired) electrons. The minimum atomic E-state index is 0.314. The summed E-state index contributed by atoms with van der Waals surface area (Å²) < 4.78 is 6.65. The number of hydrogen-bond donors (Lipinski definition) is 0. The summed E-state index contributed by atoms with van der Waals surface area (Å²) in [4.78, 5) is 4.16. The van der Waals surface area contributed by atoms with E-state index >= 15 is 0 Å². The van der Waals surface area contributed by atoms with Crippen LogP contribution in [0.2, 0.25) is 0 Å². The third-order valence-electron chi connectivity index (χ3n) is 2.29. The monoisotopic (exact) mass is 241 g/mol. The lowest BCUT2D eigenvalue weighted by atomic mass is 10.3. The highest BCUT2D eigenvalue weighted by molar-refractivity contribution is 9.10. The molecule has 1 aromatic rings. The van der Waals surface area contributed by atoms with Gasteiger partial charge in [0.05, 0.1) is 0 Å². The second kappa shape index (κ2) is 3.66. The average Bonchev–Trinajstić information content (AvgIpc) is 2.91. The number of pyridine rings is 1. The molecule has 0 aliphatic heterocycles. The Bertz CT molecular complexity index is 281. The summed E-state index contributed by atoms with van der Waals surface area (Å²) >= 11 is 3.33. The van der Waals surface area contributed by atoms with Crippen molar-refractivity contribution >= 4 is 15.9 Å². The van der Waals surface area contributed by atoms with Crippen LogP contribution in [0.5, 0.6) is 5.88 Å². The second-order valence-electron chi connectivity index (χ2n) is 3.48. The zero-order valence-corrected chi connectivity index (χ0v) is 9.12. The smallest absolute Gasteiger partial charge is 0.213 e.